The van der Waals surface area contributed by atoms with E-state index in [4.69, 9.17) is 11.6 Å². The minimum atomic E-state index is 0.0304. The second-order valence-electron chi connectivity index (χ2n) is 6.41. The molecule has 0 saturated heterocycles. The number of aryl methyl sites for hydroxylation is 1. The lowest BCUT2D eigenvalue weighted by Gasteiger charge is -2.20. The normalized spacial score (nSPS) is 10.9. The molecule has 4 nitrogen and oxygen atoms in total. The van der Waals surface area contributed by atoms with Crippen LogP contribution < -0.4 is 4.90 Å². The minimum absolute atomic E-state index is 0.0304. The van der Waals surface area contributed by atoms with E-state index in [-0.39, 0.29) is 5.91 Å². The highest BCUT2D eigenvalue weighted by Gasteiger charge is 2.21. The maximum atomic E-state index is 13.1. The Labute approximate surface area is 172 Å². The van der Waals surface area contributed by atoms with E-state index in [0.29, 0.717) is 29.5 Å². The summed E-state index contributed by atoms with van der Waals surface area (Å²) in [5.41, 5.74) is 2.83. The lowest BCUT2D eigenvalue weighted by Crippen LogP contribution is -2.30. The van der Waals surface area contributed by atoms with Crippen molar-refractivity contribution in [1.82, 2.24) is 9.97 Å². The van der Waals surface area contributed by atoms with Gasteiger partial charge in [-0.2, -0.15) is 0 Å². The highest BCUT2D eigenvalue weighted by atomic mass is 35.5. The van der Waals surface area contributed by atoms with Crippen molar-refractivity contribution in [2.45, 2.75) is 19.4 Å². The van der Waals surface area contributed by atoms with Gasteiger partial charge in [0.1, 0.15) is 5.52 Å². The van der Waals surface area contributed by atoms with Gasteiger partial charge in [0.25, 0.3) is 0 Å². The summed E-state index contributed by atoms with van der Waals surface area (Å²) < 4.78 is 0.967. The first-order valence-corrected chi connectivity index (χ1v) is 10.2. The van der Waals surface area contributed by atoms with Crippen LogP contribution in [0.4, 0.5) is 5.13 Å². The van der Waals surface area contributed by atoms with Gasteiger partial charge in [0, 0.05) is 18.8 Å². The Balaban J connectivity index is 1.62. The number of pyridine rings is 1. The van der Waals surface area contributed by atoms with Crippen molar-refractivity contribution in [3.63, 3.8) is 0 Å². The number of thiazole rings is 1. The molecule has 1 amide bonds. The standard InChI is InChI=1S/C22H18ClN3OS/c23-18-9-4-10-19-21(18)25-22(28-19)26(15-17-8-5-13-24-14-17)20(27)12-11-16-6-2-1-3-7-16/h1-10,13-14H,11-12,15H2. The molecule has 0 aliphatic rings. The van der Waals surface area contributed by atoms with Crippen LogP contribution in [0.1, 0.15) is 17.5 Å². The molecule has 0 N–H and O–H groups in total. The Morgan fingerprint density at radius 3 is 2.57 bits per heavy atom. The topological polar surface area (TPSA) is 46.1 Å². The van der Waals surface area contributed by atoms with Crippen LogP contribution in [-0.4, -0.2) is 15.9 Å². The van der Waals surface area contributed by atoms with Gasteiger partial charge in [-0.25, -0.2) is 4.98 Å². The average molecular weight is 408 g/mol. The van der Waals surface area contributed by atoms with Crippen molar-refractivity contribution in [2.24, 2.45) is 0 Å². The maximum Gasteiger partial charge on any atom is 0.229 e. The van der Waals surface area contributed by atoms with Crippen molar-refractivity contribution in [3.8, 4) is 0 Å². The van der Waals surface area contributed by atoms with Gasteiger partial charge in [-0.05, 0) is 35.7 Å². The van der Waals surface area contributed by atoms with E-state index < -0.39 is 0 Å². The van der Waals surface area contributed by atoms with Gasteiger partial charge in [-0.15, -0.1) is 0 Å². The largest absolute Gasteiger partial charge is 0.284 e. The SMILES string of the molecule is O=C(CCc1ccccc1)N(Cc1cccnc1)c1nc2c(Cl)cccc2s1. The molecule has 0 fully saturated rings. The number of rotatable bonds is 6. The summed E-state index contributed by atoms with van der Waals surface area (Å²) in [6.07, 6.45) is 4.60. The third kappa shape index (κ3) is 4.21. The monoisotopic (exact) mass is 407 g/mol. The van der Waals surface area contributed by atoms with Gasteiger partial charge in [0.15, 0.2) is 5.13 Å². The number of hydrogen-bond donors (Lipinski definition) is 0. The molecule has 0 spiro atoms. The Morgan fingerprint density at radius 1 is 1.00 bits per heavy atom. The van der Waals surface area contributed by atoms with E-state index in [1.165, 1.54) is 11.3 Å². The van der Waals surface area contributed by atoms with Crippen LogP contribution in [0.3, 0.4) is 0 Å². The molecular formula is C22H18ClN3OS. The summed E-state index contributed by atoms with van der Waals surface area (Å²) in [5.74, 6) is 0.0304. The number of fused-ring (bicyclic) bond motifs is 1. The molecule has 0 saturated carbocycles. The van der Waals surface area contributed by atoms with Crippen LogP contribution in [0.25, 0.3) is 10.2 Å². The fraction of sp³-hybridized carbons (Fsp3) is 0.136. The van der Waals surface area contributed by atoms with Crippen molar-refractivity contribution in [3.05, 3.63) is 89.2 Å². The van der Waals surface area contributed by atoms with E-state index in [9.17, 15) is 4.79 Å². The number of para-hydroxylation sites is 1. The van der Waals surface area contributed by atoms with E-state index >= 15 is 0 Å². The first-order chi connectivity index (χ1) is 13.7. The van der Waals surface area contributed by atoms with Gasteiger partial charge in [-0.3, -0.25) is 14.7 Å². The Kier molecular flexibility index (Phi) is 5.65. The number of halogens is 1. The summed E-state index contributed by atoms with van der Waals surface area (Å²) in [6.45, 7) is 0.429. The summed E-state index contributed by atoms with van der Waals surface area (Å²) in [6, 6.07) is 19.6. The van der Waals surface area contributed by atoms with E-state index in [1.54, 1.807) is 17.3 Å². The van der Waals surface area contributed by atoms with Crippen LogP contribution in [0.2, 0.25) is 5.02 Å². The zero-order valence-corrected chi connectivity index (χ0v) is 16.7. The maximum absolute atomic E-state index is 13.1. The fourth-order valence-electron chi connectivity index (χ4n) is 2.99. The minimum Gasteiger partial charge on any atom is -0.284 e. The molecule has 4 aromatic rings. The third-order valence-electron chi connectivity index (χ3n) is 4.42. The predicted molar refractivity (Wildman–Crippen MR) is 115 cm³/mol. The molecule has 0 unspecified atom stereocenters. The summed E-state index contributed by atoms with van der Waals surface area (Å²) in [5, 5.41) is 1.25. The van der Waals surface area contributed by atoms with Gasteiger partial charge >= 0.3 is 0 Å². The lowest BCUT2D eigenvalue weighted by molar-refractivity contribution is -0.118. The van der Waals surface area contributed by atoms with Gasteiger partial charge in [0.2, 0.25) is 5.91 Å². The first kappa shape index (κ1) is 18.6. The first-order valence-electron chi connectivity index (χ1n) is 8.99. The number of hydrogen-bond acceptors (Lipinski definition) is 4. The molecule has 28 heavy (non-hydrogen) atoms. The van der Waals surface area contributed by atoms with E-state index in [2.05, 4.69) is 9.97 Å². The molecule has 2 aromatic carbocycles. The molecule has 0 bridgehead atoms. The zero-order chi connectivity index (χ0) is 19.3. The van der Waals surface area contributed by atoms with Crippen LogP contribution in [0.5, 0.6) is 0 Å². The summed E-state index contributed by atoms with van der Waals surface area (Å²) in [4.78, 5) is 23.7. The molecule has 0 radical (unpaired) electrons. The van der Waals surface area contributed by atoms with Crippen molar-refractivity contribution in [1.29, 1.82) is 0 Å². The van der Waals surface area contributed by atoms with Gasteiger partial charge < -0.3 is 0 Å². The second kappa shape index (κ2) is 8.50. The average Bonchev–Trinajstić information content (AvgIpc) is 3.17. The molecular weight excluding hydrogens is 390 g/mol. The number of carbonyl (C=O) groups excluding carboxylic acids is 1. The van der Waals surface area contributed by atoms with Gasteiger partial charge in [-0.1, -0.05) is 65.4 Å². The molecule has 140 valence electrons. The quantitative estimate of drug-likeness (QED) is 0.423. The number of nitrogens with zero attached hydrogens (tertiary/aromatic N) is 3. The Morgan fingerprint density at radius 2 is 1.82 bits per heavy atom. The lowest BCUT2D eigenvalue weighted by atomic mass is 10.1. The predicted octanol–water partition coefficient (Wildman–Crippen LogP) is 5.51. The summed E-state index contributed by atoms with van der Waals surface area (Å²) >= 11 is 7.76. The van der Waals surface area contributed by atoms with Crippen LogP contribution in [0.15, 0.2) is 73.1 Å². The number of amides is 1. The van der Waals surface area contributed by atoms with Crippen molar-refractivity contribution < 1.29 is 4.79 Å². The number of benzene rings is 2. The van der Waals surface area contributed by atoms with Crippen LogP contribution in [-0.2, 0) is 17.8 Å². The van der Waals surface area contributed by atoms with E-state index in [0.717, 1.165) is 21.3 Å². The molecule has 0 atom stereocenters. The smallest absolute Gasteiger partial charge is 0.229 e. The van der Waals surface area contributed by atoms with Crippen LogP contribution >= 0.6 is 22.9 Å². The Hall–Kier alpha value is -2.76. The molecule has 2 heterocycles. The molecule has 4 rings (SSSR count). The van der Waals surface area contributed by atoms with E-state index in [1.807, 2.05) is 60.7 Å². The highest BCUT2D eigenvalue weighted by molar-refractivity contribution is 7.22. The van der Waals surface area contributed by atoms with Crippen molar-refractivity contribution in [2.75, 3.05) is 4.90 Å². The summed E-state index contributed by atoms with van der Waals surface area (Å²) in [7, 11) is 0. The molecule has 2 aromatic heterocycles. The van der Waals surface area contributed by atoms with Crippen LogP contribution in [0, 0.1) is 0 Å². The fourth-order valence-corrected chi connectivity index (χ4v) is 4.27. The number of carbonyl (C=O) groups is 1. The van der Waals surface area contributed by atoms with Crippen molar-refractivity contribution >= 4 is 44.2 Å². The number of aromatic nitrogens is 2. The third-order valence-corrected chi connectivity index (χ3v) is 5.77. The van der Waals surface area contributed by atoms with Gasteiger partial charge in [0.05, 0.1) is 16.3 Å². The molecule has 0 aliphatic heterocycles. The molecule has 0 aliphatic carbocycles. The Bertz CT molecular complexity index is 1080. The highest BCUT2D eigenvalue weighted by Crippen LogP contribution is 2.33. The molecule has 6 heteroatoms. The number of anilines is 1. The second-order valence-corrected chi connectivity index (χ2v) is 7.83. The zero-order valence-electron chi connectivity index (χ0n) is 15.1.